The molecule has 0 heterocycles. The van der Waals surface area contributed by atoms with Gasteiger partial charge in [-0.2, -0.15) is 0 Å². The number of methoxy groups -OCH3 is 2. The van der Waals surface area contributed by atoms with Gasteiger partial charge in [0.1, 0.15) is 17.2 Å². The number of allylic oxidation sites excluding steroid dienone is 1. The predicted molar refractivity (Wildman–Crippen MR) is 96.7 cm³/mol. The van der Waals surface area contributed by atoms with Crippen LogP contribution in [0.15, 0.2) is 49.1 Å². The first-order valence-corrected chi connectivity index (χ1v) is 7.88. The number of rotatable bonds is 8. The molecule has 0 saturated heterocycles. The molecule has 0 aliphatic heterocycles. The van der Waals surface area contributed by atoms with Crippen LogP contribution in [0.5, 0.6) is 17.2 Å². The molecule has 0 saturated carbocycles. The standard InChI is InChI=1S/C20H25NO3/c1-5-6-16-11-19(24-4)12-17(20(16)22)14-21(2)13-15-7-9-18(23-3)10-8-15/h5,7-12,22H,1,6,13-14H2,2-4H3. The monoisotopic (exact) mass is 327 g/mol. The van der Waals surface area contributed by atoms with Gasteiger partial charge in [0.2, 0.25) is 0 Å². The Labute approximate surface area is 143 Å². The van der Waals surface area contributed by atoms with E-state index in [0.717, 1.165) is 29.2 Å². The summed E-state index contributed by atoms with van der Waals surface area (Å²) in [6, 6.07) is 11.7. The van der Waals surface area contributed by atoms with Crippen LogP contribution in [0.25, 0.3) is 0 Å². The first-order valence-electron chi connectivity index (χ1n) is 7.88. The molecule has 0 radical (unpaired) electrons. The Bertz CT molecular complexity index is 680. The highest BCUT2D eigenvalue weighted by atomic mass is 16.5. The second-order valence-electron chi connectivity index (χ2n) is 5.81. The lowest BCUT2D eigenvalue weighted by Crippen LogP contribution is -2.17. The maximum absolute atomic E-state index is 10.5. The van der Waals surface area contributed by atoms with Crippen LogP contribution in [0, 0.1) is 0 Å². The molecule has 2 rings (SSSR count). The van der Waals surface area contributed by atoms with Gasteiger partial charge in [-0.3, -0.25) is 4.90 Å². The largest absolute Gasteiger partial charge is 0.507 e. The minimum atomic E-state index is 0.317. The Balaban J connectivity index is 2.13. The molecule has 0 aliphatic rings. The maximum Gasteiger partial charge on any atom is 0.123 e. The number of hydrogen-bond donors (Lipinski definition) is 1. The average molecular weight is 327 g/mol. The SMILES string of the molecule is C=CCc1cc(OC)cc(CN(C)Cc2ccc(OC)cc2)c1O. The molecule has 4 nitrogen and oxygen atoms in total. The van der Waals surface area contributed by atoms with Gasteiger partial charge in [0.05, 0.1) is 14.2 Å². The van der Waals surface area contributed by atoms with Gasteiger partial charge in [0.25, 0.3) is 0 Å². The number of ether oxygens (including phenoxy) is 2. The third-order valence-corrected chi connectivity index (χ3v) is 3.89. The van der Waals surface area contributed by atoms with E-state index in [1.807, 2.05) is 43.4 Å². The third kappa shape index (κ3) is 4.52. The summed E-state index contributed by atoms with van der Waals surface area (Å²) in [7, 11) is 5.32. The zero-order chi connectivity index (χ0) is 17.5. The minimum Gasteiger partial charge on any atom is -0.507 e. The van der Waals surface area contributed by atoms with Crippen LogP contribution in [0.1, 0.15) is 16.7 Å². The summed E-state index contributed by atoms with van der Waals surface area (Å²) < 4.78 is 10.5. The van der Waals surface area contributed by atoms with Crippen molar-refractivity contribution in [1.82, 2.24) is 4.90 Å². The predicted octanol–water partition coefficient (Wildman–Crippen LogP) is 3.77. The average Bonchev–Trinajstić information content (AvgIpc) is 2.59. The van der Waals surface area contributed by atoms with E-state index >= 15 is 0 Å². The molecule has 0 bridgehead atoms. The lowest BCUT2D eigenvalue weighted by Gasteiger charge is -2.19. The molecule has 0 unspecified atom stereocenters. The van der Waals surface area contributed by atoms with E-state index in [9.17, 15) is 5.11 Å². The first kappa shape index (κ1) is 17.9. The van der Waals surface area contributed by atoms with Gasteiger partial charge in [-0.15, -0.1) is 6.58 Å². The van der Waals surface area contributed by atoms with Crippen molar-refractivity contribution in [3.8, 4) is 17.2 Å². The Morgan fingerprint density at radius 3 is 2.21 bits per heavy atom. The number of benzene rings is 2. The molecular weight excluding hydrogens is 302 g/mol. The number of aromatic hydroxyl groups is 1. The highest BCUT2D eigenvalue weighted by Gasteiger charge is 2.12. The zero-order valence-electron chi connectivity index (χ0n) is 14.6. The minimum absolute atomic E-state index is 0.317. The van der Waals surface area contributed by atoms with E-state index in [0.29, 0.717) is 18.7 Å². The Morgan fingerprint density at radius 2 is 1.62 bits per heavy atom. The van der Waals surface area contributed by atoms with Crippen molar-refractivity contribution >= 4 is 0 Å². The smallest absolute Gasteiger partial charge is 0.123 e. The molecule has 1 N–H and O–H groups in total. The van der Waals surface area contributed by atoms with E-state index in [-0.39, 0.29) is 0 Å². The molecule has 0 spiro atoms. The Kier molecular flexibility index (Phi) is 6.27. The van der Waals surface area contributed by atoms with Crippen molar-refractivity contribution in [3.63, 3.8) is 0 Å². The molecule has 0 aromatic heterocycles. The molecule has 0 amide bonds. The second kappa shape index (κ2) is 8.41. The van der Waals surface area contributed by atoms with Crippen LogP contribution in [-0.4, -0.2) is 31.3 Å². The van der Waals surface area contributed by atoms with Gasteiger partial charge >= 0.3 is 0 Å². The number of nitrogens with zero attached hydrogens (tertiary/aromatic N) is 1. The van der Waals surface area contributed by atoms with Crippen molar-refractivity contribution in [2.24, 2.45) is 0 Å². The van der Waals surface area contributed by atoms with Crippen LogP contribution in [-0.2, 0) is 19.5 Å². The van der Waals surface area contributed by atoms with Gasteiger partial charge in [-0.25, -0.2) is 0 Å². The van der Waals surface area contributed by atoms with Crippen LogP contribution in [0.3, 0.4) is 0 Å². The number of phenols is 1. The fraction of sp³-hybridized carbons (Fsp3) is 0.300. The van der Waals surface area contributed by atoms with Crippen molar-refractivity contribution in [1.29, 1.82) is 0 Å². The summed E-state index contributed by atoms with van der Waals surface area (Å²) in [6.07, 6.45) is 2.39. The number of hydrogen-bond acceptors (Lipinski definition) is 4. The quantitative estimate of drug-likeness (QED) is 0.750. The van der Waals surface area contributed by atoms with Crippen molar-refractivity contribution < 1.29 is 14.6 Å². The Hall–Kier alpha value is -2.46. The molecule has 2 aromatic carbocycles. The van der Waals surface area contributed by atoms with Crippen LogP contribution < -0.4 is 9.47 Å². The summed E-state index contributed by atoms with van der Waals surface area (Å²) in [6.45, 7) is 5.14. The molecule has 0 fully saturated rings. The highest BCUT2D eigenvalue weighted by Crippen LogP contribution is 2.30. The van der Waals surface area contributed by atoms with Crippen molar-refractivity contribution in [2.75, 3.05) is 21.3 Å². The van der Waals surface area contributed by atoms with Gasteiger partial charge in [0, 0.05) is 24.2 Å². The van der Waals surface area contributed by atoms with Crippen molar-refractivity contribution in [2.45, 2.75) is 19.5 Å². The van der Waals surface area contributed by atoms with Gasteiger partial charge < -0.3 is 14.6 Å². The highest BCUT2D eigenvalue weighted by molar-refractivity contribution is 5.47. The van der Waals surface area contributed by atoms with E-state index < -0.39 is 0 Å². The topological polar surface area (TPSA) is 41.9 Å². The zero-order valence-corrected chi connectivity index (χ0v) is 14.6. The summed E-state index contributed by atoms with van der Waals surface area (Å²) in [5.41, 5.74) is 2.87. The maximum atomic E-state index is 10.5. The lowest BCUT2D eigenvalue weighted by atomic mass is 10.0. The number of phenolic OH excluding ortho intramolecular Hbond substituents is 1. The van der Waals surface area contributed by atoms with Crippen LogP contribution in [0.4, 0.5) is 0 Å². The summed E-state index contributed by atoms with van der Waals surface area (Å²) >= 11 is 0. The molecule has 2 aromatic rings. The van der Waals surface area contributed by atoms with Gasteiger partial charge in [-0.1, -0.05) is 18.2 Å². The fourth-order valence-corrected chi connectivity index (χ4v) is 2.67. The molecule has 128 valence electrons. The third-order valence-electron chi connectivity index (χ3n) is 3.89. The molecule has 4 heteroatoms. The van der Waals surface area contributed by atoms with E-state index in [2.05, 4.69) is 11.5 Å². The lowest BCUT2D eigenvalue weighted by molar-refractivity contribution is 0.310. The summed E-state index contributed by atoms with van der Waals surface area (Å²) in [5.74, 6) is 1.91. The Morgan fingerprint density at radius 1 is 1.00 bits per heavy atom. The second-order valence-corrected chi connectivity index (χ2v) is 5.81. The normalized spacial score (nSPS) is 10.7. The molecule has 24 heavy (non-hydrogen) atoms. The fourth-order valence-electron chi connectivity index (χ4n) is 2.67. The summed E-state index contributed by atoms with van der Waals surface area (Å²) in [5, 5.41) is 10.5. The van der Waals surface area contributed by atoms with Gasteiger partial charge in [0.15, 0.2) is 0 Å². The van der Waals surface area contributed by atoms with E-state index in [1.165, 1.54) is 5.56 Å². The molecular formula is C20H25NO3. The first-order chi connectivity index (χ1) is 11.6. The van der Waals surface area contributed by atoms with Crippen LogP contribution in [0.2, 0.25) is 0 Å². The van der Waals surface area contributed by atoms with E-state index in [4.69, 9.17) is 9.47 Å². The molecule has 0 atom stereocenters. The van der Waals surface area contributed by atoms with Gasteiger partial charge in [-0.05, 0) is 43.3 Å². The van der Waals surface area contributed by atoms with Crippen LogP contribution >= 0.6 is 0 Å². The molecule has 0 aliphatic carbocycles. The van der Waals surface area contributed by atoms with E-state index in [1.54, 1.807) is 20.3 Å². The van der Waals surface area contributed by atoms with Crippen molar-refractivity contribution in [3.05, 3.63) is 65.7 Å². The summed E-state index contributed by atoms with van der Waals surface area (Å²) in [4.78, 5) is 2.15.